The molecule has 1 rings (SSSR count). The quantitative estimate of drug-likeness (QED) is 0.819. The van der Waals surface area contributed by atoms with Gasteiger partial charge in [-0.25, -0.2) is 4.98 Å². The molecular formula is C8H13ClN2OS. The average molecular weight is 221 g/mol. The molecule has 0 spiro atoms. The van der Waals surface area contributed by atoms with E-state index in [-0.39, 0.29) is 0 Å². The Morgan fingerprint density at radius 3 is 2.85 bits per heavy atom. The van der Waals surface area contributed by atoms with Crippen LogP contribution in [-0.4, -0.2) is 22.2 Å². The SMILES string of the molecule is CC(C)(O)CCNc1ncc(Cl)s1. The van der Waals surface area contributed by atoms with Gasteiger partial charge in [0.05, 0.1) is 11.8 Å². The number of halogens is 1. The largest absolute Gasteiger partial charge is 0.390 e. The van der Waals surface area contributed by atoms with Crippen LogP contribution >= 0.6 is 22.9 Å². The molecule has 0 aliphatic heterocycles. The van der Waals surface area contributed by atoms with Gasteiger partial charge >= 0.3 is 0 Å². The summed E-state index contributed by atoms with van der Waals surface area (Å²) >= 11 is 7.10. The Morgan fingerprint density at radius 2 is 2.38 bits per heavy atom. The minimum Gasteiger partial charge on any atom is -0.390 e. The van der Waals surface area contributed by atoms with E-state index in [2.05, 4.69) is 10.3 Å². The van der Waals surface area contributed by atoms with E-state index in [1.165, 1.54) is 11.3 Å². The molecule has 0 aliphatic carbocycles. The number of hydrogen-bond donors (Lipinski definition) is 2. The van der Waals surface area contributed by atoms with Crippen molar-refractivity contribution in [3.8, 4) is 0 Å². The predicted octanol–water partition coefficient (Wildman–Crippen LogP) is 2.37. The second-order valence-electron chi connectivity index (χ2n) is 3.46. The molecule has 2 N–H and O–H groups in total. The molecule has 1 aromatic rings. The first-order valence-corrected chi connectivity index (χ1v) is 5.24. The van der Waals surface area contributed by atoms with Crippen molar-refractivity contribution in [1.29, 1.82) is 0 Å². The van der Waals surface area contributed by atoms with Crippen LogP contribution in [-0.2, 0) is 0 Å². The van der Waals surface area contributed by atoms with E-state index in [1.54, 1.807) is 20.0 Å². The van der Waals surface area contributed by atoms with Crippen LogP contribution in [0.15, 0.2) is 6.20 Å². The molecule has 1 aromatic heterocycles. The Hall–Kier alpha value is -0.320. The van der Waals surface area contributed by atoms with Crippen LogP contribution in [0.4, 0.5) is 5.13 Å². The number of anilines is 1. The average Bonchev–Trinajstić information content (AvgIpc) is 2.33. The zero-order chi connectivity index (χ0) is 9.90. The van der Waals surface area contributed by atoms with E-state index >= 15 is 0 Å². The molecule has 0 unspecified atom stereocenters. The lowest BCUT2D eigenvalue weighted by Crippen LogP contribution is -2.22. The highest BCUT2D eigenvalue weighted by Crippen LogP contribution is 2.22. The third-order valence-electron chi connectivity index (χ3n) is 1.49. The van der Waals surface area contributed by atoms with Gasteiger partial charge in [0.1, 0.15) is 4.34 Å². The molecule has 13 heavy (non-hydrogen) atoms. The van der Waals surface area contributed by atoms with Gasteiger partial charge in [-0.1, -0.05) is 22.9 Å². The molecule has 0 amide bonds. The molecule has 5 heteroatoms. The van der Waals surface area contributed by atoms with Crippen LogP contribution < -0.4 is 5.32 Å². The normalized spacial score (nSPS) is 11.7. The summed E-state index contributed by atoms with van der Waals surface area (Å²) in [6.45, 7) is 4.26. The monoisotopic (exact) mass is 220 g/mol. The summed E-state index contributed by atoms with van der Waals surface area (Å²) in [5.74, 6) is 0. The van der Waals surface area contributed by atoms with E-state index in [1.807, 2.05) is 0 Å². The smallest absolute Gasteiger partial charge is 0.184 e. The van der Waals surface area contributed by atoms with Gasteiger partial charge < -0.3 is 10.4 Å². The molecular weight excluding hydrogens is 208 g/mol. The highest BCUT2D eigenvalue weighted by molar-refractivity contribution is 7.19. The van der Waals surface area contributed by atoms with Crippen molar-refractivity contribution in [1.82, 2.24) is 4.98 Å². The highest BCUT2D eigenvalue weighted by Gasteiger charge is 2.11. The topological polar surface area (TPSA) is 45.1 Å². The number of nitrogens with one attached hydrogen (secondary N) is 1. The van der Waals surface area contributed by atoms with Crippen LogP contribution in [0, 0.1) is 0 Å². The van der Waals surface area contributed by atoms with E-state index in [4.69, 9.17) is 11.6 Å². The van der Waals surface area contributed by atoms with Gasteiger partial charge in [0.15, 0.2) is 5.13 Å². The van der Waals surface area contributed by atoms with Crippen molar-refractivity contribution >= 4 is 28.1 Å². The highest BCUT2D eigenvalue weighted by atomic mass is 35.5. The standard InChI is InChI=1S/C8H13ClN2OS/c1-8(2,12)3-4-10-7-11-5-6(9)13-7/h5,12H,3-4H2,1-2H3,(H,10,11). The molecule has 0 atom stereocenters. The predicted molar refractivity (Wildman–Crippen MR) is 56.5 cm³/mol. The van der Waals surface area contributed by atoms with Crippen LogP contribution in [0.5, 0.6) is 0 Å². The Morgan fingerprint density at radius 1 is 1.69 bits per heavy atom. The first-order valence-electron chi connectivity index (χ1n) is 4.05. The van der Waals surface area contributed by atoms with Gasteiger partial charge in [-0.2, -0.15) is 0 Å². The van der Waals surface area contributed by atoms with E-state index in [0.29, 0.717) is 17.3 Å². The van der Waals surface area contributed by atoms with E-state index < -0.39 is 5.60 Å². The van der Waals surface area contributed by atoms with Crippen molar-refractivity contribution in [3.05, 3.63) is 10.5 Å². The molecule has 1 heterocycles. The molecule has 0 fully saturated rings. The van der Waals surface area contributed by atoms with E-state index in [9.17, 15) is 5.11 Å². The second kappa shape index (κ2) is 4.26. The van der Waals surface area contributed by atoms with Gasteiger partial charge in [-0.3, -0.25) is 0 Å². The van der Waals surface area contributed by atoms with Gasteiger partial charge in [0.2, 0.25) is 0 Å². The number of aliphatic hydroxyl groups is 1. The maximum Gasteiger partial charge on any atom is 0.184 e. The summed E-state index contributed by atoms with van der Waals surface area (Å²) in [7, 11) is 0. The number of rotatable bonds is 4. The Bertz CT molecular complexity index is 269. The number of nitrogens with zero attached hydrogens (tertiary/aromatic N) is 1. The van der Waals surface area contributed by atoms with Crippen LogP contribution in [0.2, 0.25) is 4.34 Å². The van der Waals surface area contributed by atoms with Gasteiger partial charge in [-0.05, 0) is 20.3 Å². The minimum atomic E-state index is -0.631. The molecule has 0 bridgehead atoms. The molecule has 74 valence electrons. The zero-order valence-electron chi connectivity index (χ0n) is 7.67. The second-order valence-corrected chi connectivity index (χ2v) is 5.12. The van der Waals surface area contributed by atoms with E-state index in [0.717, 1.165) is 5.13 Å². The zero-order valence-corrected chi connectivity index (χ0v) is 9.24. The summed E-state index contributed by atoms with van der Waals surface area (Å²) < 4.78 is 0.672. The summed E-state index contributed by atoms with van der Waals surface area (Å²) in [5, 5.41) is 13.3. The third-order valence-corrected chi connectivity index (χ3v) is 2.56. The summed E-state index contributed by atoms with van der Waals surface area (Å²) in [5.41, 5.74) is -0.631. The van der Waals surface area contributed by atoms with Crippen molar-refractivity contribution in [2.45, 2.75) is 25.9 Å². The fraction of sp³-hybridized carbons (Fsp3) is 0.625. The molecule has 0 radical (unpaired) electrons. The van der Waals surface area contributed by atoms with Crippen molar-refractivity contribution in [2.24, 2.45) is 0 Å². The molecule has 0 saturated carbocycles. The minimum absolute atomic E-state index is 0.631. The van der Waals surface area contributed by atoms with Crippen molar-refractivity contribution in [3.63, 3.8) is 0 Å². The maximum absolute atomic E-state index is 9.42. The Balaban J connectivity index is 2.28. The fourth-order valence-electron chi connectivity index (χ4n) is 0.811. The number of aromatic nitrogens is 1. The summed E-state index contributed by atoms with van der Waals surface area (Å²) in [4.78, 5) is 4.03. The lowest BCUT2D eigenvalue weighted by Gasteiger charge is -2.16. The molecule has 3 nitrogen and oxygen atoms in total. The van der Waals surface area contributed by atoms with Crippen LogP contribution in [0.25, 0.3) is 0 Å². The van der Waals surface area contributed by atoms with Gasteiger partial charge in [0, 0.05) is 6.54 Å². The van der Waals surface area contributed by atoms with Crippen LogP contribution in [0.1, 0.15) is 20.3 Å². The van der Waals surface area contributed by atoms with Crippen molar-refractivity contribution in [2.75, 3.05) is 11.9 Å². The molecule has 0 aromatic carbocycles. The number of hydrogen-bond acceptors (Lipinski definition) is 4. The summed E-state index contributed by atoms with van der Waals surface area (Å²) in [6, 6.07) is 0. The number of thiazole rings is 1. The van der Waals surface area contributed by atoms with Gasteiger partial charge in [0.25, 0.3) is 0 Å². The van der Waals surface area contributed by atoms with Gasteiger partial charge in [-0.15, -0.1) is 0 Å². The lowest BCUT2D eigenvalue weighted by molar-refractivity contribution is 0.0749. The summed E-state index contributed by atoms with van der Waals surface area (Å²) in [6.07, 6.45) is 2.29. The van der Waals surface area contributed by atoms with Crippen molar-refractivity contribution < 1.29 is 5.11 Å². The lowest BCUT2D eigenvalue weighted by atomic mass is 10.1. The third kappa shape index (κ3) is 4.45. The fourth-order valence-corrected chi connectivity index (χ4v) is 1.65. The molecule has 0 aliphatic rings. The Kier molecular flexibility index (Phi) is 3.53. The van der Waals surface area contributed by atoms with Crippen LogP contribution in [0.3, 0.4) is 0 Å². The first kappa shape index (κ1) is 10.8. The maximum atomic E-state index is 9.42. The molecule has 0 saturated heterocycles. The first-order chi connectivity index (χ1) is 5.97. The Labute approximate surface area is 86.8 Å².